The number of hydrogen-bond acceptors (Lipinski definition) is 1. The summed E-state index contributed by atoms with van der Waals surface area (Å²) in [5.74, 6) is 0. The average molecular weight is 282 g/mol. The first-order valence-electron chi connectivity index (χ1n) is 6.55. The SMILES string of the molecule is CC(C)N(C(C)C)P(Cl)C1=CCc2ccccc21. The molecular formula is C15H21ClNP. The second-order valence-corrected chi connectivity index (χ2v) is 7.70. The maximum Gasteiger partial charge on any atom is 0.0953 e. The fraction of sp³-hybridized carbons (Fsp3) is 0.467. The molecule has 1 aliphatic rings. The highest BCUT2D eigenvalue weighted by Crippen LogP contribution is 2.61. The van der Waals surface area contributed by atoms with Crippen molar-refractivity contribution in [1.29, 1.82) is 0 Å². The Hall–Kier alpha value is -0.360. The molecule has 1 aromatic carbocycles. The number of hydrogen-bond donors (Lipinski definition) is 0. The first-order valence-corrected chi connectivity index (χ1v) is 8.75. The third-order valence-corrected chi connectivity index (χ3v) is 6.49. The lowest BCUT2D eigenvalue weighted by atomic mass is 10.1. The van der Waals surface area contributed by atoms with Crippen LogP contribution in [0.2, 0.25) is 0 Å². The van der Waals surface area contributed by atoms with Crippen molar-refractivity contribution >= 4 is 24.0 Å². The van der Waals surface area contributed by atoms with Gasteiger partial charge in [-0.2, -0.15) is 0 Å². The third-order valence-electron chi connectivity index (χ3n) is 3.27. The smallest absolute Gasteiger partial charge is 0.0953 e. The van der Waals surface area contributed by atoms with E-state index in [1.165, 1.54) is 16.4 Å². The highest BCUT2D eigenvalue weighted by Gasteiger charge is 2.29. The molecule has 0 saturated carbocycles. The van der Waals surface area contributed by atoms with Gasteiger partial charge in [-0.05, 0) is 45.2 Å². The molecule has 0 heterocycles. The van der Waals surface area contributed by atoms with Gasteiger partial charge < -0.3 is 0 Å². The van der Waals surface area contributed by atoms with Crippen molar-refractivity contribution in [2.45, 2.75) is 46.2 Å². The normalized spacial score (nSPS) is 16.3. The molecule has 0 fully saturated rings. The van der Waals surface area contributed by atoms with E-state index in [1.54, 1.807) is 0 Å². The summed E-state index contributed by atoms with van der Waals surface area (Å²) in [5, 5.41) is 1.34. The van der Waals surface area contributed by atoms with Gasteiger partial charge in [-0.25, -0.2) is 0 Å². The van der Waals surface area contributed by atoms with E-state index in [9.17, 15) is 0 Å². The van der Waals surface area contributed by atoms with Gasteiger partial charge in [0.2, 0.25) is 0 Å². The van der Waals surface area contributed by atoms with Gasteiger partial charge in [-0.3, -0.25) is 4.67 Å². The largest absolute Gasteiger partial charge is 0.261 e. The molecule has 0 N–H and O–H groups in total. The minimum atomic E-state index is -0.744. The molecular weight excluding hydrogens is 261 g/mol. The number of fused-ring (bicyclic) bond motifs is 1. The molecule has 0 aliphatic heterocycles. The van der Waals surface area contributed by atoms with Crippen LogP contribution in [-0.2, 0) is 6.42 Å². The van der Waals surface area contributed by atoms with E-state index >= 15 is 0 Å². The van der Waals surface area contributed by atoms with Crippen molar-refractivity contribution in [3.8, 4) is 0 Å². The second kappa shape index (κ2) is 5.74. The van der Waals surface area contributed by atoms with Crippen LogP contribution in [0.4, 0.5) is 0 Å². The molecule has 1 unspecified atom stereocenters. The molecule has 0 radical (unpaired) electrons. The van der Waals surface area contributed by atoms with Crippen LogP contribution in [0.25, 0.3) is 5.31 Å². The summed E-state index contributed by atoms with van der Waals surface area (Å²) in [7, 11) is -0.744. The van der Waals surface area contributed by atoms with Gasteiger partial charge in [0, 0.05) is 17.4 Å². The Morgan fingerprint density at radius 2 is 1.72 bits per heavy atom. The minimum absolute atomic E-state index is 0.474. The summed E-state index contributed by atoms with van der Waals surface area (Å²) < 4.78 is 2.42. The van der Waals surface area contributed by atoms with Crippen LogP contribution in [-0.4, -0.2) is 16.8 Å². The van der Waals surface area contributed by atoms with E-state index in [0.29, 0.717) is 12.1 Å². The number of nitrogens with zero attached hydrogens (tertiary/aromatic N) is 1. The Labute approximate surface area is 116 Å². The lowest BCUT2D eigenvalue weighted by Gasteiger charge is -2.35. The first-order chi connectivity index (χ1) is 8.52. The monoisotopic (exact) mass is 281 g/mol. The maximum absolute atomic E-state index is 6.79. The summed E-state index contributed by atoms with van der Waals surface area (Å²) in [6, 6.07) is 9.56. The Kier molecular flexibility index (Phi) is 4.48. The Morgan fingerprint density at radius 3 is 2.33 bits per heavy atom. The molecule has 0 aromatic heterocycles. The van der Waals surface area contributed by atoms with Gasteiger partial charge in [0.25, 0.3) is 0 Å². The Balaban J connectivity index is 2.28. The fourth-order valence-corrected chi connectivity index (χ4v) is 5.81. The number of allylic oxidation sites excluding steroid dienone is 1. The lowest BCUT2D eigenvalue weighted by molar-refractivity contribution is 0.329. The lowest BCUT2D eigenvalue weighted by Crippen LogP contribution is -2.31. The molecule has 0 saturated heterocycles. The summed E-state index contributed by atoms with van der Waals surface area (Å²) in [6.45, 7) is 8.89. The highest BCUT2D eigenvalue weighted by molar-refractivity contribution is 7.90. The van der Waals surface area contributed by atoms with Crippen molar-refractivity contribution in [3.63, 3.8) is 0 Å². The molecule has 1 nitrogen and oxygen atoms in total. The van der Waals surface area contributed by atoms with Crippen LogP contribution in [0.15, 0.2) is 30.3 Å². The maximum atomic E-state index is 6.79. The van der Waals surface area contributed by atoms with Gasteiger partial charge in [0.15, 0.2) is 0 Å². The number of rotatable bonds is 4. The molecule has 0 bridgehead atoms. The molecule has 1 atom stereocenters. The standard InChI is InChI=1S/C15H21ClNP/c1-11(2)17(12(3)4)18(16)15-10-9-13-7-5-6-8-14(13)15/h5-8,10-12H,9H2,1-4H3. The molecule has 98 valence electrons. The molecule has 0 amide bonds. The van der Waals surface area contributed by atoms with Crippen molar-refractivity contribution < 1.29 is 0 Å². The van der Waals surface area contributed by atoms with E-state index in [1.807, 2.05) is 0 Å². The predicted octanol–water partition coefficient (Wildman–Crippen LogP) is 5.25. The van der Waals surface area contributed by atoms with Gasteiger partial charge in [-0.15, -0.1) is 0 Å². The van der Waals surface area contributed by atoms with Crippen molar-refractivity contribution in [1.82, 2.24) is 4.67 Å². The van der Waals surface area contributed by atoms with Crippen LogP contribution >= 0.6 is 18.7 Å². The topological polar surface area (TPSA) is 3.24 Å². The first kappa shape index (κ1) is 14.1. The zero-order chi connectivity index (χ0) is 13.3. The van der Waals surface area contributed by atoms with E-state index < -0.39 is 7.43 Å². The van der Waals surface area contributed by atoms with Crippen molar-refractivity contribution in [2.75, 3.05) is 0 Å². The zero-order valence-electron chi connectivity index (χ0n) is 11.5. The van der Waals surface area contributed by atoms with E-state index in [2.05, 4.69) is 62.7 Å². The van der Waals surface area contributed by atoms with Crippen LogP contribution in [0.5, 0.6) is 0 Å². The van der Waals surface area contributed by atoms with Crippen LogP contribution in [0.3, 0.4) is 0 Å². The number of halogens is 1. The zero-order valence-corrected chi connectivity index (χ0v) is 13.2. The Morgan fingerprint density at radius 1 is 1.11 bits per heavy atom. The van der Waals surface area contributed by atoms with Crippen molar-refractivity contribution in [3.05, 3.63) is 41.5 Å². The third kappa shape index (κ3) is 2.64. The van der Waals surface area contributed by atoms with Crippen molar-refractivity contribution in [2.24, 2.45) is 0 Å². The molecule has 18 heavy (non-hydrogen) atoms. The molecule has 0 spiro atoms. The van der Waals surface area contributed by atoms with Gasteiger partial charge in [-0.1, -0.05) is 41.6 Å². The number of benzene rings is 1. The summed E-state index contributed by atoms with van der Waals surface area (Å²) in [4.78, 5) is 0. The summed E-state index contributed by atoms with van der Waals surface area (Å²) >= 11 is 6.79. The van der Waals surface area contributed by atoms with Gasteiger partial charge in [0.05, 0.1) is 7.43 Å². The van der Waals surface area contributed by atoms with Crippen LogP contribution < -0.4 is 0 Å². The van der Waals surface area contributed by atoms with Crippen LogP contribution in [0.1, 0.15) is 38.8 Å². The molecule has 2 rings (SSSR count). The second-order valence-electron chi connectivity index (χ2n) is 5.28. The van der Waals surface area contributed by atoms with E-state index in [-0.39, 0.29) is 0 Å². The highest BCUT2D eigenvalue weighted by atomic mass is 35.7. The van der Waals surface area contributed by atoms with E-state index in [4.69, 9.17) is 11.2 Å². The Bertz CT molecular complexity index is 446. The predicted molar refractivity (Wildman–Crippen MR) is 83.0 cm³/mol. The minimum Gasteiger partial charge on any atom is -0.261 e. The van der Waals surface area contributed by atoms with Crippen LogP contribution in [0, 0.1) is 0 Å². The quantitative estimate of drug-likeness (QED) is 0.681. The molecule has 1 aromatic rings. The van der Waals surface area contributed by atoms with Gasteiger partial charge in [0.1, 0.15) is 0 Å². The molecule has 1 aliphatic carbocycles. The average Bonchev–Trinajstić information content (AvgIpc) is 2.71. The fourth-order valence-electron chi connectivity index (χ4n) is 2.57. The summed E-state index contributed by atoms with van der Waals surface area (Å²) in [5.41, 5.74) is 2.76. The summed E-state index contributed by atoms with van der Waals surface area (Å²) in [6.07, 6.45) is 3.34. The molecule has 3 heteroatoms. The van der Waals surface area contributed by atoms with Gasteiger partial charge >= 0.3 is 0 Å². The van der Waals surface area contributed by atoms with E-state index in [0.717, 1.165) is 6.42 Å².